The van der Waals surface area contributed by atoms with Crippen LogP contribution in [0.4, 0.5) is 0 Å². The third-order valence-corrected chi connectivity index (χ3v) is 10.8. The number of ketones is 4. The highest BCUT2D eigenvalue weighted by Gasteiger charge is 2.36. The molecule has 0 saturated heterocycles. The third kappa shape index (κ3) is 11.2. The smallest absolute Gasteiger partial charge is 0.193 e. The van der Waals surface area contributed by atoms with Crippen LogP contribution in [-0.4, -0.2) is 49.6 Å². The van der Waals surface area contributed by atoms with Crippen molar-refractivity contribution in [2.75, 3.05) is 26.4 Å². The van der Waals surface area contributed by atoms with Crippen molar-refractivity contribution < 1.29 is 38.1 Å². The van der Waals surface area contributed by atoms with Gasteiger partial charge in [-0.2, -0.15) is 0 Å². The number of carbonyl (C=O) groups is 4. The minimum atomic E-state index is -1.01. The minimum Gasteiger partial charge on any atom is -0.493 e. The summed E-state index contributed by atoms with van der Waals surface area (Å²) in [5.41, 5.74) is 3.39. The maximum absolute atomic E-state index is 13.2. The molecule has 320 valence electrons. The van der Waals surface area contributed by atoms with E-state index >= 15 is 0 Å². The Labute approximate surface area is 377 Å². The highest BCUT2D eigenvalue weighted by atomic mass is 16.5. The summed E-state index contributed by atoms with van der Waals surface area (Å²) < 4.78 is 26.0. The normalized spacial score (nSPS) is 11.0. The van der Waals surface area contributed by atoms with Crippen molar-refractivity contribution >= 4 is 23.1 Å². The van der Waals surface area contributed by atoms with Gasteiger partial charge >= 0.3 is 0 Å². The van der Waals surface area contributed by atoms with Gasteiger partial charge in [-0.3, -0.25) is 19.2 Å². The lowest BCUT2D eigenvalue weighted by Crippen LogP contribution is -2.45. The van der Waals surface area contributed by atoms with Crippen molar-refractivity contribution in [3.05, 3.63) is 263 Å². The van der Waals surface area contributed by atoms with Crippen LogP contribution in [0, 0.1) is 5.41 Å². The van der Waals surface area contributed by atoms with Crippen LogP contribution in [0.2, 0.25) is 0 Å². The first kappa shape index (κ1) is 43.3. The van der Waals surface area contributed by atoms with Gasteiger partial charge in [-0.25, -0.2) is 0 Å². The second-order valence-corrected chi connectivity index (χ2v) is 15.5. The summed E-state index contributed by atoms with van der Waals surface area (Å²) in [6.45, 7) is 0.162. The van der Waals surface area contributed by atoms with E-state index in [4.69, 9.17) is 18.9 Å². The van der Waals surface area contributed by atoms with Gasteiger partial charge in [0.1, 0.15) is 54.8 Å². The Morgan fingerprint density at radius 2 is 0.415 bits per heavy atom. The maximum atomic E-state index is 13.2. The zero-order valence-electron chi connectivity index (χ0n) is 35.4. The van der Waals surface area contributed by atoms with E-state index in [0.29, 0.717) is 67.5 Å². The molecule has 0 bridgehead atoms. The average Bonchev–Trinajstić information content (AvgIpc) is 3.39. The first-order valence-corrected chi connectivity index (χ1v) is 21.1. The lowest BCUT2D eigenvalue weighted by molar-refractivity contribution is -0.00351. The fourth-order valence-corrected chi connectivity index (χ4v) is 7.03. The Hall–Kier alpha value is -8.36. The maximum Gasteiger partial charge on any atom is 0.193 e. The monoisotopic (exact) mass is 856 g/mol. The van der Waals surface area contributed by atoms with Crippen molar-refractivity contribution in [2.24, 2.45) is 5.41 Å². The Morgan fingerprint density at radius 1 is 0.246 bits per heavy atom. The summed E-state index contributed by atoms with van der Waals surface area (Å²) in [4.78, 5) is 52.7. The van der Waals surface area contributed by atoms with Gasteiger partial charge in [0.2, 0.25) is 0 Å². The lowest BCUT2D eigenvalue weighted by atomic mass is 9.91. The van der Waals surface area contributed by atoms with Crippen LogP contribution >= 0.6 is 0 Å². The Morgan fingerprint density at radius 3 is 0.600 bits per heavy atom. The molecule has 8 rings (SSSR count). The zero-order valence-corrected chi connectivity index (χ0v) is 35.4. The molecule has 0 amide bonds. The number of hydrogen-bond acceptors (Lipinski definition) is 8. The second-order valence-electron chi connectivity index (χ2n) is 15.5. The summed E-state index contributed by atoms with van der Waals surface area (Å²) in [5, 5.41) is 0. The van der Waals surface area contributed by atoms with Gasteiger partial charge in [-0.05, 0) is 97.1 Å². The zero-order chi connectivity index (χ0) is 44.9. The van der Waals surface area contributed by atoms with Crippen molar-refractivity contribution in [2.45, 2.75) is 0 Å². The van der Waals surface area contributed by atoms with E-state index < -0.39 is 5.41 Å². The summed E-state index contributed by atoms with van der Waals surface area (Å²) >= 11 is 0. The predicted molar refractivity (Wildman–Crippen MR) is 250 cm³/mol. The predicted octanol–water partition coefficient (Wildman–Crippen LogP) is 11.2. The molecule has 0 aliphatic heterocycles. The topological polar surface area (TPSA) is 105 Å². The molecule has 0 N–H and O–H groups in total. The number of benzene rings is 8. The molecule has 8 aromatic carbocycles. The molecule has 8 aromatic rings. The molecule has 8 heteroatoms. The van der Waals surface area contributed by atoms with E-state index in [-0.39, 0.29) is 49.6 Å². The molecule has 0 aliphatic rings. The van der Waals surface area contributed by atoms with Crippen LogP contribution in [-0.2, 0) is 0 Å². The van der Waals surface area contributed by atoms with Crippen LogP contribution < -0.4 is 18.9 Å². The van der Waals surface area contributed by atoms with Crippen LogP contribution in [0.15, 0.2) is 218 Å². The van der Waals surface area contributed by atoms with Crippen molar-refractivity contribution in [3.63, 3.8) is 0 Å². The third-order valence-electron chi connectivity index (χ3n) is 10.8. The molecule has 8 nitrogen and oxygen atoms in total. The van der Waals surface area contributed by atoms with Gasteiger partial charge in [0.15, 0.2) is 23.1 Å². The van der Waals surface area contributed by atoms with Crippen LogP contribution in [0.1, 0.15) is 63.7 Å². The number of ether oxygens (including phenoxy) is 4. The molecule has 0 heterocycles. The minimum absolute atomic E-state index is 0.0404. The molecule has 0 radical (unpaired) electrons. The van der Waals surface area contributed by atoms with Crippen molar-refractivity contribution in [3.8, 4) is 23.0 Å². The van der Waals surface area contributed by atoms with Gasteiger partial charge in [-0.15, -0.1) is 0 Å². The van der Waals surface area contributed by atoms with Gasteiger partial charge < -0.3 is 18.9 Å². The first-order chi connectivity index (χ1) is 31.8. The number of hydrogen-bond donors (Lipinski definition) is 0. The van der Waals surface area contributed by atoms with Gasteiger partial charge in [-0.1, -0.05) is 121 Å². The number of rotatable bonds is 20. The molecule has 0 saturated carbocycles. The molecule has 0 aliphatic carbocycles. The summed E-state index contributed by atoms with van der Waals surface area (Å²) in [6.07, 6.45) is 0. The van der Waals surface area contributed by atoms with E-state index in [2.05, 4.69) is 0 Å². The molecule has 0 aromatic heterocycles. The SMILES string of the molecule is O=C(c1ccccc1)c1ccc(OCC(COc2ccc(C(=O)c3ccccc3)cc2)(COc2ccc(C(=O)c3ccccc3)cc2)COc2ccc(C(=O)c3ccccc3)cc2)cc1. The molecule has 0 spiro atoms. The average molecular weight is 857 g/mol. The van der Waals surface area contributed by atoms with E-state index in [0.717, 1.165) is 0 Å². The molecule has 65 heavy (non-hydrogen) atoms. The second kappa shape index (κ2) is 20.7. The first-order valence-electron chi connectivity index (χ1n) is 21.1. The fourth-order valence-electron chi connectivity index (χ4n) is 7.03. The Balaban J connectivity index is 1.06. The molecular formula is C57H44O8. The molecule has 0 unspecified atom stereocenters. The molecule has 0 atom stereocenters. The standard InChI is InChI=1S/C57H44O8/c58-53(41-13-5-1-6-14-41)45-21-29-49(30-22-45)62-37-57(38-63-50-31-23-46(24-32-50)54(59)42-15-7-2-8-16-42,39-64-51-33-25-47(26-34-51)55(60)43-17-9-3-10-18-43)40-65-52-35-27-48(28-36-52)56(61)44-19-11-4-12-20-44/h1-36H,37-40H2. The van der Waals surface area contributed by atoms with Gasteiger partial charge in [0, 0.05) is 44.5 Å². The van der Waals surface area contributed by atoms with E-state index in [9.17, 15) is 19.2 Å². The van der Waals surface area contributed by atoms with E-state index in [1.807, 2.05) is 72.8 Å². The largest absolute Gasteiger partial charge is 0.493 e. The quantitative estimate of drug-likeness (QED) is 0.0698. The Bertz CT molecular complexity index is 2430. The fraction of sp³-hybridized carbons (Fsp3) is 0.0877. The summed E-state index contributed by atoms with van der Waals surface area (Å²) in [5.74, 6) is 1.62. The van der Waals surface area contributed by atoms with E-state index in [1.54, 1.807) is 146 Å². The van der Waals surface area contributed by atoms with Gasteiger partial charge in [0.25, 0.3) is 0 Å². The number of carbonyl (C=O) groups excluding carboxylic acids is 4. The van der Waals surface area contributed by atoms with Crippen LogP contribution in [0.25, 0.3) is 0 Å². The Kier molecular flexibility index (Phi) is 13.8. The van der Waals surface area contributed by atoms with Crippen molar-refractivity contribution in [1.29, 1.82) is 0 Å². The highest BCUT2D eigenvalue weighted by Crippen LogP contribution is 2.29. The molecule has 0 fully saturated rings. The summed E-state index contributed by atoms with van der Waals surface area (Å²) in [6, 6.07) is 64.1. The van der Waals surface area contributed by atoms with E-state index in [1.165, 1.54) is 0 Å². The lowest BCUT2D eigenvalue weighted by Gasteiger charge is -2.33. The summed E-state index contributed by atoms with van der Waals surface area (Å²) in [7, 11) is 0. The van der Waals surface area contributed by atoms with Crippen molar-refractivity contribution in [1.82, 2.24) is 0 Å². The van der Waals surface area contributed by atoms with Gasteiger partial charge in [0.05, 0.1) is 0 Å². The molecular weight excluding hydrogens is 813 g/mol. The van der Waals surface area contributed by atoms with Crippen LogP contribution in [0.5, 0.6) is 23.0 Å². The highest BCUT2D eigenvalue weighted by molar-refractivity contribution is 6.10. The van der Waals surface area contributed by atoms with Crippen LogP contribution in [0.3, 0.4) is 0 Å².